The molecule has 0 fully saturated rings. The van der Waals surface area contributed by atoms with Gasteiger partial charge in [-0.05, 0) is 95.8 Å². The Morgan fingerprint density at radius 2 is 1.03 bits per heavy atom. The van der Waals surface area contributed by atoms with Crippen LogP contribution in [0.5, 0.6) is 11.5 Å². The standard InChI is InChI=1S/C34H38N2O2/c1-21(2)11-25-13-23(5)33(37)29(15-25)19-35-31-17-27-9-7-8-10-28(27)18-32(31)36-20-30-16-26(12-22(3)4)14-24(6)34(30)38/h7-10,13-22,37-38H,11-12H2,1-6H3. The number of aliphatic imine (C=N–C) groups is 2. The molecule has 0 saturated heterocycles. The van der Waals surface area contributed by atoms with Crippen molar-refractivity contribution in [2.24, 2.45) is 21.8 Å². The lowest BCUT2D eigenvalue weighted by molar-refractivity contribution is 0.469. The van der Waals surface area contributed by atoms with Crippen molar-refractivity contribution >= 4 is 34.6 Å². The number of hydrogen-bond donors (Lipinski definition) is 2. The Morgan fingerprint density at radius 3 is 1.39 bits per heavy atom. The number of phenolic OH excluding ortho intramolecular Hbond substituents is 2. The highest BCUT2D eigenvalue weighted by atomic mass is 16.3. The van der Waals surface area contributed by atoms with Gasteiger partial charge in [0.1, 0.15) is 11.5 Å². The second-order valence-electron chi connectivity index (χ2n) is 11.1. The highest BCUT2D eigenvalue weighted by Crippen LogP contribution is 2.34. The maximum Gasteiger partial charge on any atom is 0.127 e. The van der Waals surface area contributed by atoms with E-state index in [1.807, 2.05) is 62.4 Å². The molecule has 0 unspecified atom stereocenters. The smallest absolute Gasteiger partial charge is 0.127 e. The van der Waals surface area contributed by atoms with Crippen LogP contribution >= 0.6 is 0 Å². The summed E-state index contributed by atoms with van der Waals surface area (Å²) in [4.78, 5) is 9.59. The Hall–Kier alpha value is -3.92. The van der Waals surface area contributed by atoms with E-state index in [1.54, 1.807) is 12.4 Å². The first-order valence-corrected chi connectivity index (χ1v) is 13.4. The van der Waals surface area contributed by atoms with Gasteiger partial charge in [-0.15, -0.1) is 0 Å². The highest BCUT2D eigenvalue weighted by molar-refractivity contribution is 5.96. The van der Waals surface area contributed by atoms with Crippen LogP contribution in [0.4, 0.5) is 11.4 Å². The minimum atomic E-state index is 0.245. The van der Waals surface area contributed by atoms with Crippen molar-refractivity contribution in [1.29, 1.82) is 0 Å². The molecule has 4 aromatic rings. The minimum Gasteiger partial charge on any atom is -0.507 e. The molecule has 0 aliphatic heterocycles. The highest BCUT2D eigenvalue weighted by Gasteiger charge is 2.10. The van der Waals surface area contributed by atoms with E-state index in [4.69, 9.17) is 9.98 Å². The lowest BCUT2D eigenvalue weighted by atomic mass is 9.98. The van der Waals surface area contributed by atoms with Crippen molar-refractivity contribution in [3.8, 4) is 11.5 Å². The van der Waals surface area contributed by atoms with Gasteiger partial charge in [-0.3, -0.25) is 9.98 Å². The third-order valence-corrected chi connectivity index (χ3v) is 6.60. The Labute approximate surface area is 226 Å². The number of phenols is 2. The molecule has 0 atom stereocenters. The zero-order chi connectivity index (χ0) is 27.4. The number of fused-ring (bicyclic) bond motifs is 1. The first kappa shape index (κ1) is 27.1. The summed E-state index contributed by atoms with van der Waals surface area (Å²) >= 11 is 0. The van der Waals surface area contributed by atoms with Crippen molar-refractivity contribution in [2.75, 3.05) is 0 Å². The summed E-state index contributed by atoms with van der Waals surface area (Å²) in [6, 6.07) is 20.2. The number of aryl methyl sites for hydroxylation is 2. The summed E-state index contributed by atoms with van der Waals surface area (Å²) in [5, 5.41) is 23.6. The summed E-state index contributed by atoms with van der Waals surface area (Å²) < 4.78 is 0. The Kier molecular flexibility index (Phi) is 8.31. The van der Waals surface area contributed by atoms with Crippen molar-refractivity contribution in [3.63, 3.8) is 0 Å². The van der Waals surface area contributed by atoms with Crippen LogP contribution in [0.2, 0.25) is 0 Å². The normalized spacial score (nSPS) is 12.1. The first-order valence-electron chi connectivity index (χ1n) is 13.4. The lowest BCUT2D eigenvalue weighted by Crippen LogP contribution is -1.97. The van der Waals surface area contributed by atoms with Crippen molar-refractivity contribution in [3.05, 3.63) is 94.0 Å². The molecule has 0 amide bonds. The molecule has 0 aromatic heterocycles. The molecule has 196 valence electrons. The third kappa shape index (κ3) is 6.49. The molecular weight excluding hydrogens is 468 g/mol. The van der Waals surface area contributed by atoms with Crippen LogP contribution in [0.15, 0.2) is 70.6 Å². The van der Waals surface area contributed by atoms with Gasteiger partial charge in [0.2, 0.25) is 0 Å². The quantitative estimate of drug-likeness (QED) is 0.235. The van der Waals surface area contributed by atoms with Crippen LogP contribution in [0.3, 0.4) is 0 Å². The van der Waals surface area contributed by atoms with Crippen LogP contribution in [-0.2, 0) is 12.8 Å². The predicted molar refractivity (Wildman–Crippen MR) is 161 cm³/mol. The molecule has 4 aromatic carbocycles. The molecule has 0 aliphatic carbocycles. The lowest BCUT2D eigenvalue weighted by Gasteiger charge is -2.11. The molecular formula is C34H38N2O2. The van der Waals surface area contributed by atoms with Gasteiger partial charge in [0.05, 0.1) is 11.4 Å². The summed E-state index contributed by atoms with van der Waals surface area (Å²) in [5.41, 5.74) is 6.82. The number of aromatic hydroxyl groups is 2. The zero-order valence-corrected chi connectivity index (χ0v) is 23.3. The Balaban J connectivity index is 1.77. The minimum absolute atomic E-state index is 0.245. The second-order valence-corrected chi connectivity index (χ2v) is 11.1. The van der Waals surface area contributed by atoms with Crippen LogP contribution in [0.25, 0.3) is 10.8 Å². The average molecular weight is 507 g/mol. The Morgan fingerprint density at radius 1 is 0.632 bits per heavy atom. The fraction of sp³-hybridized carbons (Fsp3) is 0.294. The van der Waals surface area contributed by atoms with Gasteiger partial charge in [0, 0.05) is 23.6 Å². The fourth-order valence-corrected chi connectivity index (χ4v) is 4.84. The van der Waals surface area contributed by atoms with E-state index >= 15 is 0 Å². The number of benzene rings is 4. The van der Waals surface area contributed by atoms with Crippen molar-refractivity contribution in [1.82, 2.24) is 0 Å². The molecule has 0 aliphatic rings. The first-order chi connectivity index (χ1) is 18.1. The summed E-state index contributed by atoms with van der Waals surface area (Å²) in [6.45, 7) is 12.6. The van der Waals surface area contributed by atoms with E-state index in [0.717, 1.165) is 34.7 Å². The fourth-order valence-electron chi connectivity index (χ4n) is 4.84. The van der Waals surface area contributed by atoms with E-state index in [0.29, 0.717) is 34.3 Å². The SMILES string of the molecule is Cc1cc(CC(C)C)cc(C=Nc2cc3ccccc3cc2N=Cc2cc(CC(C)C)cc(C)c2O)c1O. The van der Waals surface area contributed by atoms with E-state index in [-0.39, 0.29) is 11.5 Å². The van der Waals surface area contributed by atoms with Gasteiger partial charge in [-0.25, -0.2) is 0 Å². The van der Waals surface area contributed by atoms with E-state index in [2.05, 4.69) is 39.8 Å². The maximum atomic E-state index is 10.7. The number of hydrogen-bond acceptors (Lipinski definition) is 4. The molecule has 38 heavy (non-hydrogen) atoms. The Bertz CT molecular complexity index is 1400. The van der Waals surface area contributed by atoms with Crippen LogP contribution in [-0.4, -0.2) is 22.6 Å². The topological polar surface area (TPSA) is 65.2 Å². The second kappa shape index (κ2) is 11.6. The zero-order valence-electron chi connectivity index (χ0n) is 23.3. The maximum absolute atomic E-state index is 10.7. The van der Waals surface area contributed by atoms with Crippen LogP contribution < -0.4 is 0 Å². The third-order valence-electron chi connectivity index (χ3n) is 6.60. The molecule has 0 saturated carbocycles. The van der Waals surface area contributed by atoms with Gasteiger partial charge in [0.25, 0.3) is 0 Å². The number of nitrogens with zero attached hydrogens (tertiary/aromatic N) is 2. The molecule has 4 rings (SSSR count). The number of rotatable bonds is 8. The molecule has 0 spiro atoms. The summed E-state index contributed by atoms with van der Waals surface area (Å²) in [5.74, 6) is 1.53. The monoisotopic (exact) mass is 506 g/mol. The van der Waals surface area contributed by atoms with Gasteiger partial charge >= 0.3 is 0 Å². The van der Waals surface area contributed by atoms with Gasteiger partial charge in [-0.1, -0.05) is 64.1 Å². The van der Waals surface area contributed by atoms with Gasteiger partial charge in [-0.2, -0.15) is 0 Å². The summed E-state index contributed by atoms with van der Waals surface area (Å²) in [6.07, 6.45) is 5.32. The predicted octanol–water partition coefficient (Wildman–Crippen LogP) is 8.77. The van der Waals surface area contributed by atoms with Crippen LogP contribution in [0.1, 0.15) is 61.1 Å². The van der Waals surface area contributed by atoms with Crippen LogP contribution in [0, 0.1) is 25.7 Å². The van der Waals surface area contributed by atoms with E-state index in [9.17, 15) is 10.2 Å². The largest absolute Gasteiger partial charge is 0.507 e. The summed E-state index contributed by atoms with van der Waals surface area (Å²) in [7, 11) is 0. The van der Waals surface area contributed by atoms with Crippen molar-refractivity contribution < 1.29 is 10.2 Å². The average Bonchev–Trinajstić information content (AvgIpc) is 2.85. The van der Waals surface area contributed by atoms with Gasteiger partial charge < -0.3 is 10.2 Å². The molecule has 0 bridgehead atoms. The van der Waals surface area contributed by atoms with Gasteiger partial charge in [0.15, 0.2) is 0 Å². The molecule has 4 nitrogen and oxygen atoms in total. The molecule has 0 radical (unpaired) electrons. The van der Waals surface area contributed by atoms with E-state index < -0.39 is 0 Å². The molecule has 2 N–H and O–H groups in total. The van der Waals surface area contributed by atoms with Crippen molar-refractivity contribution in [2.45, 2.75) is 54.4 Å². The van der Waals surface area contributed by atoms with E-state index in [1.165, 1.54) is 11.1 Å². The molecule has 0 heterocycles. The molecule has 4 heteroatoms.